The van der Waals surface area contributed by atoms with Crippen molar-refractivity contribution in [2.24, 2.45) is 0 Å². The van der Waals surface area contributed by atoms with E-state index >= 15 is 0 Å². The fourth-order valence-corrected chi connectivity index (χ4v) is 2.26. The molecule has 0 saturated carbocycles. The summed E-state index contributed by atoms with van der Waals surface area (Å²) in [5, 5.41) is 3.15. The van der Waals surface area contributed by atoms with Crippen LogP contribution in [0.15, 0.2) is 18.2 Å². The number of hydrogen-bond donors (Lipinski definition) is 1. The van der Waals surface area contributed by atoms with Crippen LogP contribution in [0.4, 0.5) is 13.2 Å². The highest BCUT2D eigenvalue weighted by atomic mass is 19.4. The van der Waals surface area contributed by atoms with E-state index in [0.29, 0.717) is 13.1 Å². The van der Waals surface area contributed by atoms with Gasteiger partial charge in [-0.2, -0.15) is 13.2 Å². The molecule has 0 atom stereocenters. The zero-order valence-corrected chi connectivity index (χ0v) is 11.7. The molecule has 0 radical (unpaired) electrons. The molecule has 1 saturated heterocycles. The summed E-state index contributed by atoms with van der Waals surface area (Å²) in [5.41, 5.74) is -0.863. The molecule has 0 aromatic heterocycles. The summed E-state index contributed by atoms with van der Waals surface area (Å²) in [7, 11) is 1.34. The van der Waals surface area contributed by atoms with Gasteiger partial charge in [-0.05, 0) is 18.2 Å². The summed E-state index contributed by atoms with van der Waals surface area (Å²) < 4.78 is 43.3. The van der Waals surface area contributed by atoms with Gasteiger partial charge >= 0.3 is 6.18 Å². The van der Waals surface area contributed by atoms with E-state index in [1.807, 2.05) is 4.90 Å². The summed E-state index contributed by atoms with van der Waals surface area (Å²) in [6, 6.07) is 2.97. The number of ether oxygens (including phenoxy) is 1. The van der Waals surface area contributed by atoms with E-state index < -0.39 is 11.7 Å². The SMILES string of the molecule is COc1ccc(C(F)(F)F)cc1C(=O)CN1CCNCC1. The number of halogens is 3. The number of hydrogen-bond acceptors (Lipinski definition) is 4. The van der Waals surface area contributed by atoms with Crippen molar-refractivity contribution in [1.82, 2.24) is 10.2 Å². The maximum atomic E-state index is 12.8. The number of alkyl halides is 3. The van der Waals surface area contributed by atoms with Crippen LogP contribution in [0.3, 0.4) is 0 Å². The molecular formula is C14H17F3N2O2. The predicted molar refractivity (Wildman–Crippen MR) is 71.6 cm³/mol. The number of carbonyl (C=O) groups excluding carboxylic acids is 1. The first kappa shape index (κ1) is 15.8. The molecule has 1 aliphatic heterocycles. The van der Waals surface area contributed by atoms with Crippen LogP contribution in [-0.4, -0.2) is 50.5 Å². The van der Waals surface area contributed by atoms with Gasteiger partial charge in [-0.15, -0.1) is 0 Å². The van der Waals surface area contributed by atoms with Gasteiger partial charge < -0.3 is 10.1 Å². The van der Waals surface area contributed by atoms with E-state index in [1.165, 1.54) is 13.2 Å². The molecule has 1 aliphatic rings. The van der Waals surface area contributed by atoms with Crippen LogP contribution < -0.4 is 10.1 Å². The zero-order valence-electron chi connectivity index (χ0n) is 11.7. The Labute approximate surface area is 120 Å². The Morgan fingerprint density at radius 3 is 2.57 bits per heavy atom. The second kappa shape index (κ2) is 6.44. The van der Waals surface area contributed by atoms with Crippen LogP contribution in [0, 0.1) is 0 Å². The largest absolute Gasteiger partial charge is 0.496 e. The summed E-state index contributed by atoms with van der Waals surface area (Å²) in [5.74, 6) is -0.192. The second-order valence-electron chi connectivity index (χ2n) is 4.86. The Bertz CT molecular complexity index is 511. The van der Waals surface area contributed by atoms with Crippen LogP contribution in [0.25, 0.3) is 0 Å². The van der Waals surface area contributed by atoms with Gasteiger partial charge in [0.1, 0.15) is 5.75 Å². The molecule has 0 aliphatic carbocycles. The van der Waals surface area contributed by atoms with Crippen molar-refractivity contribution in [3.05, 3.63) is 29.3 Å². The molecule has 116 valence electrons. The molecule has 2 rings (SSSR count). The molecule has 0 unspecified atom stereocenters. The van der Waals surface area contributed by atoms with Crippen LogP contribution in [0.2, 0.25) is 0 Å². The molecule has 0 spiro atoms. The molecule has 0 bridgehead atoms. The number of methoxy groups -OCH3 is 1. The van der Waals surface area contributed by atoms with Crippen LogP contribution in [0.5, 0.6) is 5.75 Å². The quantitative estimate of drug-likeness (QED) is 0.861. The third kappa shape index (κ3) is 3.95. The second-order valence-corrected chi connectivity index (χ2v) is 4.86. The van der Waals surface area contributed by atoms with Gasteiger partial charge in [-0.25, -0.2) is 0 Å². The van der Waals surface area contributed by atoms with Gasteiger partial charge in [0.15, 0.2) is 5.78 Å². The molecule has 1 aromatic carbocycles. The molecule has 1 fully saturated rings. The Morgan fingerprint density at radius 2 is 2.00 bits per heavy atom. The number of piperazine rings is 1. The number of nitrogens with zero attached hydrogens (tertiary/aromatic N) is 1. The summed E-state index contributed by atoms with van der Waals surface area (Å²) in [6.07, 6.45) is -4.48. The lowest BCUT2D eigenvalue weighted by Gasteiger charge is -2.26. The van der Waals surface area contributed by atoms with Crippen molar-refractivity contribution < 1.29 is 22.7 Å². The van der Waals surface area contributed by atoms with Crippen molar-refractivity contribution in [3.63, 3.8) is 0 Å². The van der Waals surface area contributed by atoms with E-state index in [2.05, 4.69) is 5.32 Å². The van der Waals surface area contributed by atoms with Gasteiger partial charge in [0.05, 0.1) is 24.8 Å². The summed E-state index contributed by atoms with van der Waals surface area (Å²) >= 11 is 0. The highest BCUT2D eigenvalue weighted by Gasteiger charge is 2.32. The molecule has 7 heteroatoms. The first-order valence-corrected chi connectivity index (χ1v) is 6.63. The van der Waals surface area contributed by atoms with Crippen molar-refractivity contribution in [2.75, 3.05) is 39.8 Å². The Morgan fingerprint density at radius 1 is 1.33 bits per heavy atom. The molecule has 1 heterocycles. The maximum Gasteiger partial charge on any atom is 0.416 e. The third-order valence-corrected chi connectivity index (χ3v) is 3.40. The molecule has 1 N–H and O–H groups in total. The van der Waals surface area contributed by atoms with Gasteiger partial charge in [-0.1, -0.05) is 0 Å². The van der Waals surface area contributed by atoms with Crippen LogP contribution >= 0.6 is 0 Å². The third-order valence-electron chi connectivity index (χ3n) is 3.40. The minimum atomic E-state index is -4.48. The standard InChI is InChI=1S/C14H17F3N2O2/c1-21-13-3-2-10(14(15,16)17)8-11(13)12(20)9-19-6-4-18-5-7-19/h2-3,8,18H,4-7,9H2,1H3. The number of ketones is 1. The number of carbonyl (C=O) groups is 1. The number of Topliss-reactive ketones (excluding diaryl/α,β-unsaturated/α-hetero) is 1. The highest BCUT2D eigenvalue weighted by molar-refractivity contribution is 6.00. The minimum absolute atomic E-state index is 0.0224. The van der Waals surface area contributed by atoms with Crippen molar-refractivity contribution in [1.29, 1.82) is 0 Å². The summed E-state index contributed by atoms with van der Waals surface area (Å²) in [6.45, 7) is 3.04. The van der Waals surface area contributed by atoms with Crippen molar-refractivity contribution in [3.8, 4) is 5.75 Å². The first-order chi connectivity index (χ1) is 9.91. The number of benzene rings is 1. The monoisotopic (exact) mass is 302 g/mol. The van der Waals surface area contributed by atoms with E-state index in [0.717, 1.165) is 25.2 Å². The molecule has 1 aromatic rings. The van der Waals surface area contributed by atoms with Crippen molar-refractivity contribution in [2.45, 2.75) is 6.18 Å². The van der Waals surface area contributed by atoms with E-state index in [1.54, 1.807) is 0 Å². The smallest absolute Gasteiger partial charge is 0.416 e. The van der Waals surface area contributed by atoms with E-state index in [4.69, 9.17) is 4.74 Å². The Balaban J connectivity index is 2.21. The number of nitrogens with one attached hydrogen (secondary N) is 1. The van der Waals surface area contributed by atoms with Gasteiger partial charge in [0, 0.05) is 26.2 Å². The Kier molecular flexibility index (Phi) is 4.84. The lowest BCUT2D eigenvalue weighted by atomic mass is 10.0. The minimum Gasteiger partial charge on any atom is -0.496 e. The van der Waals surface area contributed by atoms with Crippen LogP contribution in [0.1, 0.15) is 15.9 Å². The first-order valence-electron chi connectivity index (χ1n) is 6.63. The average Bonchev–Trinajstić information content (AvgIpc) is 2.46. The molecule has 21 heavy (non-hydrogen) atoms. The van der Waals surface area contributed by atoms with Crippen LogP contribution in [-0.2, 0) is 6.18 Å². The van der Waals surface area contributed by atoms with Gasteiger partial charge in [-0.3, -0.25) is 9.69 Å². The fraction of sp³-hybridized carbons (Fsp3) is 0.500. The molecule has 4 nitrogen and oxygen atoms in total. The van der Waals surface area contributed by atoms with Crippen molar-refractivity contribution >= 4 is 5.78 Å². The lowest BCUT2D eigenvalue weighted by Crippen LogP contribution is -2.45. The van der Waals surface area contributed by atoms with E-state index in [-0.39, 0.29) is 23.6 Å². The molecule has 0 amide bonds. The molecular weight excluding hydrogens is 285 g/mol. The average molecular weight is 302 g/mol. The highest BCUT2D eigenvalue weighted by Crippen LogP contribution is 2.32. The predicted octanol–water partition coefficient (Wildman–Crippen LogP) is 1.80. The normalized spacial score (nSPS) is 16.8. The van der Waals surface area contributed by atoms with Gasteiger partial charge in [0.25, 0.3) is 0 Å². The lowest BCUT2D eigenvalue weighted by molar-refractivity contribution is -0.137. The summed E-state index contributed by atoms with van der Waals surface area (Å²) in [4.78, 5) is 14.2. The van der Waals surface area contributed by atoms with E-state index in [9.17, 15) is 18.0 Å². The zero-order chi connectivity index (χ0) is 15.5. The topological polar surface area (TPSA) is 41.6 Å². The van der Waals surface area contributed by atoms with Gasteiger partial charge in [0.2, 0.25) is 0 Å². The fourth-order valence-electron chi connectivity index (χ4n) is 2.26. The Hall–Kier alpha value is -1.60. The maximum absolute atomic E-state index is 12.8. The number of rotatable bonds is 4.